The first-order valence-electron chi connectivity index (χ1n) is 3.87. The van der Waals surface area contributed by atoms with E-state index in [1.54, 1.807) is 0 Å². The minimum atomic E-state index is -0.206. The molecule has 0 fully saturated rings. The lowest BCUT2D eigenvalue weighted by Gasteiger charge is -1.99. The maximum Gasteiger partial charge on any atom is 0.243 e. The van der Waals surface area contributed by atoms with Crippen LogP contribution in [0.4, 0.5) is 0 Å². The Balaban J connectivity index is 2.39. The molecule has 0 bridgehead atoms. The van der Waals surface area contributed by atoms with Crippen LogP contribution in [0, 0.1) is 0 Å². The van der Waals surface area contributed by atoms with Gasteiger partial charge in [0, 0.05) is 6.42 Å². The highest BCUT2D eigenvalue weighted by atomic mass is 16.3. The molecule has 3 heteroatoms. The number of hydrogen-bond donors (Lipinski definition) is 1. The molecule has 0 aliphatic rings. The maximum atomic E-state index is 9.00. The SMILES string of the molecule is C[C@@H](O)CCn1cc[n+](C)c1. The predicted octanol–water partition coefficient (Wildman–Crippen LogP) is 0.0835. The van der Waals surface area contributed by atoms with Gasteiger partial charge in [0.1, 0.15) is 12.4 Å². The summed E-state index contributed by atoms with van der Waals surface area (Å²) in [4.78, 5) is 0. The highest BCUT2D eigenvalue weighted by molar-refractivity contribution is 4.66. The third kappa shape index (κ3) is 2.72. The van der Waals surface area contributed by atoms with Gasteiger partial charge < -0.3 is 5.11 Å². The number of aromatic nitrogens is 2. The van der Waals surface area contributed by atoms with Crippen molar-refractivity contribution in [1.82, 2.24) is 4.57 Å². The van der Waals surface area contributed by atoms with Gasteiger partial charge in [0.25, 0.3) is 0 Å². The summed E-state index contributed by atoms with van der Waals surface area (Å²) in [6.07, 6.45) is 6.60. The zero-order chi connectivity index (χ0) is 8.27. The van der Waals surface area contributed by atoms with Gasteiger partial charge in [-0.3, -0.25) is 0 Å². The van der Waals surface area contributed by atoms with E-state index in [4.69, 9.17) is 5.11 Å². The lowest BCUT2D eigenvalue weighted by atomic mass is 10.3. The van der Waals surface area contributed by atoms with Gasteiger partial charge in [-0.15, -0.1) is 0 Å². The first-order chi connectivity index (χ1) is 5.18. The number of nitrogens with zero attached hydrogens (tertiary/aromatic N) is 2. The van der Waals surface area contributed by atoms with Crippen LogP contribution in [0.5, 0.6) is 0 Å². The van der Waals surface area contributed by atoms with E-state index in [2.05, 4.69) is 4.57 Å². The van der Waals surface area contributed by atoms with Gasteiger partial charge in [-0.25, -0.2) is 9.13 Å². The van der Waals surface area contributed by atoms with Crippen molar-refractivity contribution in [2.75, 3.05) is 0 Å². The van der Waals surface area contributed by atoms with Gasteiger partial charge in [-0.1, -0.05) is 0 Å². The molecule has 0 spiro atoms. The molecule has 1 atom stereocenters. The molecule has 0 saturated heterocycles. The Morgan fingerprint density at radius 3 is 2.82 bits per heavy atom. The average Bonchev–Trinajstić information content (AvgIpc) is 2.31. The average molecular weight is 155 g/mol. The smallest absolute Gasteiger partial charge is 0.243 e. The number of aliphatic hydroxyl groups is 1. The second-order valence-electron chi connectivity index (χ2n) is 2.95. The molecule has 0 aromatic carbocycles. The molecule has 1 heterocycles. The Labute approximate surface area is 66.9 Å². The van der Waals surface area contributed by atoms with Crippen LogP contribution in [0.3, 0.4) is 0 Å². The summed E-state index contributed by atoms with van der Waals surface area (Å²) >= 11 is 0. The van der Waals surface area contributed by atoms with E-state index in [-0.39, 0.29) is 6.10 Å². The Morgan fingerprint density at radius 1 is 1.64 bits per heavy atom. The van der Waals surface area contributed by atoms with Crippen molar-refractivity contribution in [3.63, 3.8) is 0 Å². The fourth-order valence-electron chi connectivity index (χ4n) is 0.970. The fraction of sp³-hybridized carbons (Fsp3) is 0.625. The summed E-state index contributed by atoms with van der Waals surface area (Å²) < 4.78 is 4.05. The Morgan fingerprint density at radius 2 is 2.36 bits per heavy atom. The van der Waals surface area contributed by atoms with Gasteiger partial charge in [0.05, 0.1) is 19.7 Å². The second-order valence-corrected chi connectivity index (χ2v) is 2.95. The van der Waals surface area contributed by atoms with Gasteiger partial charge in [0.2, 0.25) is 6.33 Å². The van der Waals surface area contributed by atoms with E-state index in [0.717, 1.165) is 13.0 Å². The molecule has 1 rings (SSSR count). The molecule has 0 unspecified atom stereocenters. The lowest BCUT2D eigenvalue weighted by Crippen LogP contribution is -2.23. The number of hydrogen-bond acceptors (Lipinski definition) is 1. The van der Waals surface area contributed by atoms with Gasteiger partial charge in [-0.2, -0.15) is 0 Å². The lowest BCUT2D eigenvalue weighted by molar-refractivity contribution is -0.671. The van der Waals surface area contributed by atoms with Crippen LogP contribution in [0.25, 0.3) is 0 Å². The number of aryl methyl sites for hydroxylation is 2. The summed E-state index contributed by atoms with van der Waals surface area (Å²) in [5.74, 6) is 0. The van der Waals surface area contributed by atoms with E-state index in [1.165, 1.54) is 0 Å². The van der Waals surface area contributed by atoms with Crippen LogP contribution in [0.1, 0.15) is 13.3 Å². The van der Waals surface area contributed by atoms with Crippen molar-refractivity contribution in [2.45, 2.75) is 26.0 Å². The molecule has 3 nitrogen and oxygen atoms in total. The maximum absolute atomic E-state index is 9.00. The molecule has 0 saturated carbocycles. The van der Waals surface area contributed by atoms with Gasteiger partial charge in [-0.05, 0) is 6.92 Å². The number of aliphatic hydroxyl groups excluding tert-OH is 1. The molecule has 0 radical (unpaired) electrons. The summed E-state index contributed by atoms with van der Waals surface area (Å²) in [6, 6.07) is 0. The van der Waals surface area contributed by atoms with Crippen LogP contribution < -0.4 is 4.57 Å². The van der Waals surface area contributed by atoms with Crippen LogP contribution in [-0.2, 0) is 13.6 Å². The van der Waals surface area contributed by atoms with Crippen LogP contribution in [0.2, 0.25) is 0 Å². The molecule has 62 valence electrons. The molecule has 1 N–H and O–H groups in total. The topological polar surface area (TPSA) is 29.0 Å². The van der Waals surface area contributed by atoms with Crippen molar-refractivity contribution in [2.24, 2.45) is 7.05 Å². The van der Waals surface area contributed by atoms with Crippen molar-refractivity contribution >= 4 is 0 Å². The van der Waals surface area contributed by atoms with Crippen molar-refractivity contribution < 1.29 is 9.67 Å². The third-order valence-electron chi connectivity index (χ3n) is 1.63. The molecule has 0 aliphatic carbocycles. The van der Waals surface area contributed by atoms with Crippen molar-refractivity contribution in [1.29, 1.82) is 0 Å². The molecule has 0 amide bonds. The minimum Gasteiger partial charge on any atom is -0.393 e. The molecule has 0 aliphatic heterocycles. The van der Waals surface area contributed by atoms with E-state index in [1.807, 2.05) is 37.3 Å². The zero-order valence-electron chi connectivity index (χ0n) is 7.07. The van der Waals surface area contributed by atoms with Crippen LogP contribution in [0.15, 0.2) is 18.7 Å². The number of rotatable bonds is 3. The first-order valence-corrected chi connectivity index (χ1v) is 3.87. The Hall–Kier alpha value is -0.830. The largest absolute Gasteiger partial charge is 0.393 e. The quantitative estimate of drug-likeness (QED) is 0.615. The van der Waals surface area contributed by atoms with Gasteiger partial charge in [0.15, 0.2) is 0 Å². The second kappa shape index (κ2) is 3.53. The summed E-state index contributed by atoms with van der Waals surface area (Å²) in [6.45, 7) is 2.70. The highest BCUT2D eigenvalue weighted by Gasteiger charge is 2.01. The Kier molecular flexibility index (Phi) is 2.65. The zero-order valence-corrected chi connectivity index (χ0v) is 7.07. The third-order valence-corrected chi connectivity index (χ3v) is 1.63. The molecular weight excluding hydrogens is 140 g/mol. The molecule has 11 heavy (non-hydrogen) atoms. The van der Waals surface area contributed by atoms with Crippen LogP contribution >= 0.6 is 0 Å². The van der Waals surface area contributed by atoms with Crippen molar-refractivity contribution in [3.05, 3.63) is 18.7 Å². The standard InChI is InChI=1S/C8H15N2O/c1-8(11)3-4-10-6-5-9(2)7-10/h5-8,11H,3-4H2,1-2H3/q+1/t8-/m1/s1. The molecule has 1 aromatic rings. The van der Waals surface area contributed by atoms with E-state index >= 15 is 0 Å². The van der Waals surface area contributed by atoms with E-state index in [9.17, 15) is 0 Å². The monoisotopic (exact) mass is 155 g/mol. The summed E-state index contributed by atoms with van der Waals surface area (Å²) in [5, 5.41) is 9.00. The molecule has 1 aromatic heterocycles. The van der Waals surface area contributed by atoms with E-state index in [0.29, 0.717) is 0 Å². The fourth-order valence-corrected chi connectivity index (χ4v) is 0.970. The highest BCUT2D eigenvalue weighted by Crippen LogP contribution is 1.93. The van der Waals surface area contributed by atoms with Crippen LogP contribution in [-0.4, -0.2) is 15.8 Å². The van der Waals surface area contributed by atoms with Gasteiger partial charge >= 0.3 is 0 Å². The normalized spacial score (nSPS) is 13.4. The predicted molar refractivity (Wildman–Crippen MR) is 41.9 cm³/mol. The summed E-state index contributed by atoms with van der Waals surface area (Å²) in [5.41, 5.74) is 0. The van der Waals surface area contributed by atoms with E-state index < -0.39 is 0 Å². The minimum absolute atomic E-state index is 0.206. The van der Waals surface area contributed by atoms with Crippen molar-refractivity contribution in [3.8, 4) is 0 Å². The number of imidazole rings is 1. The first kappa shape index (κ1) is 8.27. The Bertz CT molecular complexity index is 218. The molecular formula is C8H15N2O+. The summed E-state index contributed by atoms with van der Waals surface area (Å²) in [7, 11) is 1.98.